The maximum absolute atomic E-state index is 10.1. The molecule has 142 valence electrons. The van der Waals surface area contributed by atoms with E-state index in [4.69, 9.17) is 9.47 Å². The Bertz CT molecular complexity index is 1000. The van der Waals surface area contributed by atoms with Gasteiger partial charge in [0.15, 0.2) is 11.5 Å². The largest absolute Gasteiger partial charge is 0.493 e. The van der Waals surface area contributed by atoms with Gasteiger partial charge >= 0.3 is 0 Å². The molecule has 0 aromatic heterocycles. The van der Waals surface area contributed by atoms with Crippen LogP contribution in [-0.4, -0.2) is 23.2 Å². The van der Waals surface area contributed by atoms with Crippen molar-refractivity contribution in [1.29, 1.82) is 0 Å². The van der Waals surface area contributed by atoms with Crippen LogP contribution in [0, 0.1) is 11.3 Å². The predicted molar refractivity (Wildman–Crippen MR) is 110 cm³/mol. The van der Waals surface area contributed by atoms with Crippen molar-refractivity contribution in [2.45, 2.75) is 12.6 Å². The van der Waals surface area contributed by atoms with Crippen LogP contribution < -0.4 is 0 Å². The Morgan fingerprint density at radius 2 is 2.07 bits per heavy atom. The molecule has 5 rings (SSSR count). The van der Waals surface area contributed by atoms with Crippen molar-refractivity contribution in [2.75, 3.05) is 7.11 Å². The van der Waals surface area contributed by atoms with Crippen molar-refractivity contribution >= 4 is 15.9 Å². The first kappa shape index (κ1) is 17.6. The Labute approximate surface area is 172 Å². The fourth-order valence-electron chi connectivity index (χ4n) is 4.31. The van der Waals surface area contributed by atoms with Gasteiger partial charge in [0.2, 0.25) is 0 Å². The van der Waals surface area contributed by atoms with Crippen LogP contribution in [0.5, 0.6) is 0 Å². The molecule has 0 bridgehead atoms. The number of hydrogen-bond donors (Lipinski definition) is 1. The molecule has 0 amide bonds. The lowest BCUT2D eigenvalue weighted by Crippen LogP contribution is -2.29. The van der Waals surface area contributed by atoms with Crippen LogP contribution in [0.3, 0.4) is 0 Å². The first-order valence-corrected chi connectivity index (χ1v) is 10.0. The second-order valence-corrected chi connectivity index (χ2v) is 8.19. The summed E-state index contributed by atoms with van der Waals surface area (Å²) in [5.41, 5.74) is 1.89. The lowest BCUT2D eigenvalue weighted by atomic mass is 9.68. The highest BCUT2D eigenvalue weighted by Crippen LogP contribution is 2.60. The summed E-state index contributed by atoms with van der Waals surface area (Å²) in [6.07, 6.45) is 13.4. The molecule has 0 saturated carbocycles. The number of rotatable bonds is 3. The SMILES string of the molecule is COC1=C2OC3=CC(O)C=CC34C=CN(Cc3ccccc3)C=C(C(Br)=C1)C24. The summed E-state index contributed by atoms with van der Waals surface area (Å²) in [4.78, 5) is 2.19. The second-order valence-electron chi connectivity index (χ2n) is 7.33. The van der Waals surface area contributed by atoms with Crippen molar-refractivity contribution < 1.29 is 14.6 Å². The number of ether oxygens (including phenoxy) is 2. The number of allylic oxidation sites excluding steroid dienone is 4. The molecular formula is C23H20BrNO3. The van der Waals surface area contributed by atoms with Gasteiger partial charge in [-0.1, -0.05) is 58.4 Å². The molecule has 2 aliphatic heterocycles. The molecule has 2 heterocycles. The van der Waals surface area contributed by atoms with E-state index < -0.39 is 11.5 Å². The minimum absolute atomic E-state index is 0.0474. The van der Waals surface area contributed by atoms with E-state index in [1.165, 1.54) is 5.56 Å². The average molecular weight is 438 g/mol. The Kier molecular flexibility index (Phi) is 4.11. The standard InChI is InChI=1S/C23H20BrNO3/c1-27-19-12-18(24)17-14-25(13-15-5-3-2-4-6-15)10-9-23-8-7-16(26)11-20(23)28-22(19)21(17)23/h2-12,14,16,21,26H,13H2,1H3. The third-order valence-corrected chi connectivity index (χ3v) is 6.33. The highest BCUT2D eigenvalue weighted by Gasteiger charge is 2.55. The molecule has 1 aromatic rings. The van der Waals surface area contributed by atoms with Crippen LogP contribution >= 0.6 is 15.9 Å². The summed E-state index contributed by atoms with van der Waals surface area (Å²) in [5, 5.41) is 10.1. The fraction of sp³-hybridized carbons (Fsp3) is 0.217. The normalized spacial score (nSPS) is 30.0. The summed E-state index contributed by atoms with van der Waals surface area (Å²) >= 11 is 3.74. The van der Waals surface area contributed by atoms with Gasteiger partial charge in [-0.2, -0.15) is 0 Å². The van der Waals surface area contributed by atoms with Gasteiger partial charge in [-0.05, 0) is 29.4 Å². The van der Waals surface area contributed by atoms with Crippen LogP contribution in [0.2, 0.25) is 0 Å². The molecule has 1 fully saturated rings. The first-order valence-electron chi connectivity index (χ1n) is 9.25. The van der Waals surface area contributed by atoms with E-state index in [1.54, 1.807) is 13.2 Å². The van der Waals surface area contributed by atoms with Gasteiger partial charge < -0.3 is 19.5 Å². The van der Waals surface area contributed by atoms with E-state index in [1.807, 2.05) is 18.2 Å². The highest BCUT2D eigenvalue weighted by atomic mass is 79.9. The van der Waals surface area contributed by atoms with Gasteiger partial charge in [0.1, 0.15) is 5.76 Å². The Hall–Kier alpha value is -2.50. The van der Waals surface area contributed by atoms with E-state index in [0.717, 1.165) is 28.1 Å². The van der Waals surface area contributed by atoms with Crippen molar-refractivity contribution in [2.24, 2.45) is 11.3 Å². The van der Waals surface area contributed by atoms with Crippen LogP contribution in [0.25, 0.3) is 0 Å². The number of nitrogens with zero attached hydrogens (tertiary/aromatic N) is 1. The smallest absolute Gasteiger partial charge is 0.158 e. The molecule has 1 spiro atoms. The van der Waals surface area contributed by atoms with Gasteiger partial charge in [0.05, 0.1) is 24.5 Å². The number of methoxy groups -OCH3 is 1. The zero-order valence-corrected chi connectivity index (χ0v) is 17.0. The third kappa shape index (κ3) is 2.61. The molecule has 3 atom stereocenters. The fourth-order valence-corrected chi connectivity index (χ4v) is 4.85. The van der Waals surface area contributed by atoms with Gasteiger partial charge in [0.25, 0.3) is 0 Å². The Morgan fingerprint density at radius 1 is 1.25 bits per heavy atom. The van der Waals surface area contributed by atoms with Crippen LogP contribution in [-0.2, 0) is 16.0 Å². The number of hydrogen-bond acceptors (Lipinski definition) is 4. The summed E-state index contributed by atoms with van der Waals surface area (Å²) < 4.78 is 12.8. The molecule has 4 nitrogen and oxygen atoms in total. The molecular weight excluding hydrogens is 418 g/mol. The van der Waals surface area contributed by atoms with Crippen LogP contribution in [0.1, 0.15) is 5.56 Å². The van der Waals surface area contributed by atoms with E-state index >= 15 is 0 Å². The monoisotopic (exact) mass is 437 g/mol. The lowest BCUT2D eigenvalue weighted by Gasteiger charge is -2.31. The number of halogens is 1. The van der Waals surface area contributed by atoms with Crippen molar-refractivity contribution in [3.05, 3.63) is 106 Å². The number of aliphatic hydroxyl groups excluding tert-OH is 1. The minimum atomic E-state index is -0.645. The zero-order valence-electron chi connectivity index (χ0n) is 15.4. The van der Waals surface area contributed by atoms with Crippen LogP contribution in [0.15, 0.2) is 100 Å². The Balaban J connectivity index is 1.65. The highest BCUT2D eigenvalue weighted by molar-refractivity contribution is 9.12. The van der Waals surface area contributed by atoms with Crippen LogP contribution in [0.4, 0.5) is 0 Å². The van der Waals surface area contributed by atoms with E-state index in [2.05, 4.69) is 69.6 Å². The molecule has 2 aliphatic carbocycles. The third-order valence-electron chi connectivity index (χ3n) is 5.64. The molecule has 0 radical (unpaired) electrons. The minimum Gasteiger partial charge on any atom is -0.493 e. The van der Waals surface area contributed by atoms with E-state index in [9.17, 15) is 5.11 Å². The second kappa shape index (κ2) is 6.54. The van der Waals surface area contributed by atoms with Gasteiger partial charge in [0, 0.05) is 23.4 Å². The predicted octanol–water partition coefficient (Wildman–Crippen LogP) is 4.50. The van der Waals surface area contributed by atoms with Crippen molar-refractivity contribution in [3.63, 3.8) is 0 Å². The van der Waals surface area contributed by atoms with Crippen molar-refractivity contribution in [1.82, 2.24) is 4.90 Å². The zero-order chi connectivity index (χ0) is 19.3. The van der Waals surface area contributed by atoms with Crippen molar-refractivity contribution in [3.8, 4) is 0 Å². The molecule has 4 aliphatic rings. The maximum Gasteiger partial charge on any atom is 0.158 e. The topological polar surface area (TPSA) is 41.9 Å². The van der Waals surface area contributed by atoms with Gasteiger partial charge in [-0.3, -0.25) is 0 Å². The maximum atomic E-state index is 10.1. The molecule has 1 aromatic carbocycles. The van der Waals surface area contributed by atoms with E-state index in [0.29, 0.717) is 5.76 Å². The van der Waals surface area contributed by atoms with Gasteiger partial charge in [-0.25, -0.2) is 0 Å². The Morgan fingerprint density at radius 3 is 2.86 bits per heavy atom. The molecule has 1 saturated heterocycles. The van der Waals surface area contributed by atoms with Gasteiger partial charge in [-0.15, -0.1) is 0 Å². The summed E-state index contributed by atoms with van der Waals surface area (Å²) in [6, 6.07) is 10.4. The lowest BCUT2D eigenvalue weighted by molar-refractivity contribution is 0.231. The van der Waals surface area contributed by atoms with E-state index in [-0.39, 0.29) is 5.92 Å². The summed E-state index contributed by atoms with van der Waals surface area (Å²) in [6.45, 7) is 0.770. The molecule has 3 unspecified atom stereocenters. The number of benzene rings is 1. The first-order chi connectivity index (χ1) is 13.6. The molecule has 1 N–H and O–H groups in total. The number of aliphatic hydroxyl groups is 1. The summed E-state index contributed by atoms with van der Waals surface area (Å²) in [7, 11) is 1.65. The molecule has 28 heavy (non-hydrogen) atoms. The average Bonchev–Trinajstić information content (AvgIpc) is 2.93. The quantitative estimate of drug-likeness (QED) is 0.706. The molecule has 5 heteroatoms. The summed E-state index contributed by atoms with van der Waals surface area (Å²) in [5.74, 6) is 2.19.